The molecule has 0 unspecified atom stereocenters. The highest BCUT2D eigenvalue weighted by Crippen LogP contribution is 2.14. The van der Waals surface area contributed by atoms with E-state index >= 15 is 0 Å². The lowest BCUT2D eigenvalue weighted by atomic mass is 10.1. The van der Waals surface area contributed by atoms with Gasteiger partial charge in [0.05, 0.1) is 0 Å². The van der Waals surface area contributed by atoms with Crippen molar-refractivity contribution in [2.75, 3.05) is 5.32 Å². The number of nitrogens with one attached hydrogen (secondary N) is 2. The number of benzene rings is 2. The van der Waals surface area contributed by atoms with Gasteiger partial charge in [0.25, 0.3) is 11.8 Å². The number of carbonyl (C=O) groups excluding carboxylic acids is 3. The predicted molar refractivity (Wildman–Crippen MR) is 98.8 cm³/mol. The summed E-state index contributed by atoms with van der Waals surface area (Å²) in [6, 6.07) is 13.5. The van der Waals surface area contributed by atoms with Gasteiger partial charge in [0.1, 0.15) is 5.75 Å². The second-order valence-electron chi connectivity index (χ2n) is 5.74. The third kappa shape index (κ3) is 5.59. The quantitative estimate of drug-likeness (QED) is 0.475. The fourth-order valence-corrected chi connectivity index (χ4v) is 2.09. The Morgan fingerprint density at radius 2 is 1.73 bits per heavy atom. The van der Waals surface area contributed by atoms with Gasteiger partial charge in [0.2, 0.25) is 0 Å². The van der Waals surface area contributed by atoms with Gasteiger partial charge in [-0.05, 0) is 42.8 Å². The zero-order valence-corrected chi connectivity index (χ0v) is 14.7. The van der Waals surface area contributed by atoms with Crippen molar-refractivity contribution in [3.8, 4) is 5.75 Å². The molecule has 0 aliphatic rings. The summed E-state index contributed by atoms with van der Waals surface area (Å²) in [5.74, 6) is -0.637. The molecule has 0 spiro atoms. The standard InChI is InChI=1S/C20H20N2O4/c1-13(2)19(24)22-17-9-7-15(8-10-17)12-21-20(25)16-5-4-6-18(11-16)26-14(3)23/h4-11H,1,12H2,2-3H3,(H,21,25)(H,22,24). The first kappa shape index (κ1) is 18.9. The summed E-state index contributed by atoms with van der Waals surface area (Å²) in [6.07, 6.45) is 0. The fourth-order valence-electron chi connectivity index (χ4n) is 2.09. The second kappa shape index (κ2) is 8.62. The highest BCUT2D eigenvalue weighted by molar-refractivity contribution is 6.02. The number of rotatable bonds is 6. The molecular weight excluding hydrogens is 332 g/mol. The smallest absolute Gasteiger partial charge is 0.308 e. The highest BCUT2D eigenvalue weighted by Gasteiger charge is 2.08. The Morgan fingerprint density at radius 1 is 1.04 bits per heavy atom. The summed E-state index contributed by atoms with van der Waals surface area (Å²) in [5, 5.41) is 5.51. The SMILES string of the molecule is C=C(C)C(=O)Nc1ccc(CNC(=O)c2cccc(OC(C)=O)c2)cc1. The van der Waals surface area contributed by atoms with Gasteiger partial charge in [-0.2, -0.15) is 0 Å². The zero-order chi connectivity index (χ0) is 19.1. The van der Waals surface area contributed by atoms with Crippen LogP contribution in [0.3, 0.4) is 0 Å². The summed E-state index contributed by atoms with van der Waals surface area (Å²) in [4.78, 5) is 34.8. The number of esters is 1. The minimum Gasteiger partial charge on any atom is -0.427 e. The normalized spacial score (nSPS) is 9.92. The third-order valence-corrected chi connectivity index (χ3v) is 3.41. The Hall–Kier alpha value is -3.41. The molecular formula is C20H20N2O4. The summed E-state index contributed by atoms with van der Waals surface area (Å²) < 4.78 is 4.97. The van der Waals surface area contributed by atoms with Crippen LogP contribution in [0.4, 0.5) is 5.69 Å². The first-order valence-electron chi connectivity index (χ1n) is 7.97. The van der Waals surface area contributed by atoms with Gasteiger partial charge in [0.15, 0.2) is 0 Å². The average molecular weight is 352 g/mol. The molecule has 0 saturated heterocycles. The molecule has 0 bridgehead atoms. The van der Waals surface area contributed by atoms with E-state index in [1.165, 1.54) is 13.0 Å². The van der Waals surface area contributed by atoms with Crippen LogP contribution >= 0.6 is 0 Å². The largest absolute Gasteiger partial charge is 0.427 e. The first-order valence-corrected chi connectivity index (χ1v) is 7.97. The van der Waals surface area contributed by atoms with Crippen molar-refractivity contribution in [3.63, 3.8) is 0 Å². The molecule has 2 aromatic carbocycles. The van der Waals surface area contributed by atoms with E-state index in [0.29, 0.717) is 29.1 Å². The Balaban J connectivity index is 1.94. The number of ether oxygens (including phenoxy) is 1. The maximum Gasteiger partial charge on any atom is 0.308 e. The van der Waals surface area contributed by atoms with Crippen LogP contribution in [0.1, 0.15) is 29.8 Å². The van der Waals surface area contributed by atoms with Crippen LogP contribution in [0.25, 0.3) is 0 Å². The summed E-state index contributed by atoms with van der Waals surface area (Å²) in [7, 11) is 0. The molecule has 0 heterocycles. The Labute approximate surface area is 151 Å². The van der Waals surface area contributed by atoms with Crippen molar-refractivity contribution >= 4 is 23.5 Å². The van der Waals surface area contributed by atoms with Gasteiger partial charge in [0, 0.05) is 30.3 Å². The molecule has 0 atom stereocenters. The van der Waals surface area contributed by atoms with E-state index < -0.39 is 5.97 Å². The fraction of sp³-hybridized carbons (Fsp3) is 0.150. The number of anilines is 1. The van der Waals surface area contributed by atoms with E-state index in [-0.39, 0.29) is 11.8 Å². The number of amides is 2. The molecule has 0 aliphatic carbocycles. The number of carbonyl (C=O) groups is 3. The van der Waals surface area contributed by atoms with Gasteiger partial charge in [-0.25, -0.2) is 0 Å². The van der Waals surface area contributed by atoms with E-state index in [4.69, 9.17) is 4.74 Å². The Bertz CT molecular complexity index is 841. The van der Waals surface area contributed by atoms with Crippen LogP contribution in [-0.2, 0) is 16.1 Å². The van der Waals surface area contributed by atoms with E-state index in [1.807, 2.05) is 12.1 Å². The van der Waals surface area contributed by atoms with E-state index in [2.05, 4.69) is 17.2 Å². The van der Waals surface area contributed by atoms with Crippen LogP contribution < -0.4 is 15.4 Å². The van der Waals surface area contributed by atoms with Crippen LogP contribution in [0.5, 0.6) is 5.75 Å². The van der Waals surface area contributed by atoms with Gasteiger partial charge in [-0.1, -0.05) is 24.8 Å². The van der Waals surface area contributed by atoms with Gasteiger partial charge >= 0.3 is 5.97 Å². The van der Waals surface area contributed by atoms with E-state index in [1.54, 1.807) is 37.3 Å². The first-order chi connectivity index (χ1) is 12.3. The van der Waals surface area contributed by atoms with Crippen molar-refractivity contribution < 1.29 is 19.1 Å². The van der Waals surface area contributed by atoms with E-state index in [0.717, 1.165) is 5.56 Å². The lowest BCUT2D eigenvalue weighted by molar-refractivity contribution is -0.131. The average Bonchev–Trinajstić information content (AvgIpc) is 2.60. The topological polar surface area (TPSA) is 84.5 Å². The van der Waals surface area contributed by atoms with Crippen molar-refractivity contribution in [3.05, 3.63) is 71.8 Å². The molecule has 0 saturated carbocycles. The minimum atomic E-state index is -0.443. The van der Waals surface area contributed by atoms with Crippen molar-refractivity contribution in [2.24, 2.45) is 0 Å². The van der Waals surface area contributed by atoms with Crippen molar-refractivity contribution in [1.82, 2.24) is 5.32 Å². The molecule has 2 amide bonds. The Kier molecular flexibility index (Phi) is 6.27. The van der Waals surface area contributed by atoms with Gasteiger partial charge < -0.3 is 15.4 Å². The molecule has 6 nitrogen and oxygen atoms in total. The molecule has 2 rings (SSSR count). The molecule has 2 N–H and O–H groups in total. The van der Waals surface area contributed by atoms with E-state index in [9.17, 15) is 14.4 Å². The van der Waals surface area contributed by atoms with Crippen LogP contribution in [0, 0.1) is 0 Å². The molecule has 0 aromatic heterocycles. The van der Waals surface area contributed by atoms with Crippen molar-refractivity contribution in [2.45, 2.75) is 20.4 Å². The third-order valence-electron chi connectivity index (χ3n) is 3.41. The highest BCUT2D eigenvalue weighted by atomic mass is 16.5. The monoisotopic (exact) mass is 352 g/mol. The lowest BCUT2D eigenvalue weighted by Crippen LogP contribution is -2.22. The zero-order valence-electron chi connectivity index (χ0n) is 14.7. The maximum atomic E-state index is 12.2. The summed E-state index contributed by atoms with van der Waals surface area (Å²) in [6.45, 7) is 6.84. The maximum absolute atomic E-state index is 12.2. The minimum absolute atomic E-state index is 0.237. The Morgan fingerprint density at radius 3 is 2.35 bits per heavy atom. The van der Waals surface area contributed by atoms with Crippen molar-refractivity contribution in [1.29, 1.82) is 0 Å². The number of hydrogen-bond acceptors (Lipinski definition) is 4. The number of hydrogen-bond donors (Lipinski definition) is 2. The van der Waals surface area contributed by atoms with Crippen LogP contribution in [0.15, 0.2) is 60.7 Å². The molecule has 0 aliphatic heterocycles. The molecule has 0 fully saturated rings. The molecule has 0 radical (unpaired) electrons. The van der Waals surface area contributed by atoms with Gasteiger partial charge in [-0.15, -0.1) is 0 Å². The molecule has 134 valence electrons. The molecule has 6 heteroatoms. The molecule has 26 heavy (non-hydrogen) atoms. The van der Waals surface area contributed by atoms with Crippen LogP contribution in [-0.4, -0.2) is 17.8 Å². The van der Waals surface area contributed by atoms with Crippen LogP contribution in [0.2, 0.25) is 0 Å². The summed E-state index contributed by atoms with van der Waals surface area (Å²) in [5.41, 5.74) is 2.36. The molecule has 2 aromatic rings. The predicted octanol–water partition coefficient (Wildman–Crippen LogP) is 3.06. The summed E-state index contributed by atoms with van der Waals surface area (Å²) >= 11 is 0. The van der Waals surface area contributed by atoms with Gasteiger partial charge in [-0.3, -0.25) is 14.4 Å². The second-order valence-corrected chi connectivity index (χ2v) is 5.74. The lowest BCUT2D eigenvalue weighted by Gasteiger charge is -2.08.